The van der Waals surface area contributed by atoms with Crippen molar-refractivity contribution in [3.63, 3.8) is 0 Å². The quantitative estimate of drug-likeness (QED) is 0.510. The Hall–Kier alpha value is -3.04. The van der Waals surface area contributed by atoms with E-state index in [1.807, 2.05) is 6.92 Å². The van der Waals surface area contributed by atoms with Gasteiger partial charge < -0.3 is 10.1 Å². The molecule has 9 heteroatoms. The topological polar surface area (TPSA) is 119 Å². The third-order valence-electron chi connectivity index (χ3n) is 3.68. The molecule has 0 radical (unpaired) electrons. The second-order valence-corrected chi connectivity index (χ2v) is 7.75. The average molecular weight is 404 g/mol. The Labute approximate surface area is 163 Å². The molecule has 0 saturated carbocycles. The highest BCUT2D eigenvalue weighted by Gasteiger charge is 2.16. The minimum absolute atomic E-state index is 0.0256. The third-order valence-corrected chi connectivity index (χ3v) is 5.09. The number of carbonyl (C=O) groups excluding carboxylic acids is 3. The lowest BCUT2D eigenvalue weighted by Crippen LogP contribution is -2.32. The first-order valence-electron chi connectivity index (χ1n) is 8.30. The molecule has 2 aromatic rings. The van der Waals surface area contributed by atoms with E-state index >= 15 is 0 Å². The molecule has 2 rings (SSSR count). The van der Waals surface area contributed by atoms with Crippen LogP contribution in [0.1, 0.15) is 22.8 Å². The van der Waals surface area contributed by atoms with E-state index in [2.05, 4.69) is 10.0 Å². The fourth-order valence-electron chi connectivity index (χ4n) is 2.14. The van der Waals surface area contributed by atoms with Crippen LogP contribution in [0, 0.1) is 6.92 Å². The Morgan fingerprint density at radius 3 is 2.14 bits per heavy atom. The summed E-state index contributed by atoms with van der Waals surface area (Å²) in [6, 6.07) is 12.3. The van der Waals surface area contributed by atoms with Crippen molar-refractivity contribution in [2.75, 3.05) is 18.5 Å². The largest absolute Gasteiger partial charge is 0.455 e. The van der Waals surface area contributed by atoms with Gasteiger partial charge >= 0.3 is 5.97 Å². The Balaban J connectivity index is 1.79. The minimum atomic E-state index is -3.85. The van der Waals surface area contributed by atoms with Crippen molar-refractivity contribution in [2.45, 2.75) is 18.7 Å². The molecule has 0 unspecified atom stereocenters. The molecule has 2 N–H and O–H groups in total. The Kier molecular flexibility index (Phi) is 7.02. The number of ether oxygens (including phenoxy) is 1. The molecule has 0 atom stereocenters. The number of esters is 1. The monoisotopic (exact) mass is 404 g/mol. The summed E-state index contributed by atoms with van der Waals surface area (Å²) < 4.78 is 31.0. The van der Waals surface area contributed by atoms with E-state index in [0.29, 0.717) is 11.3 Å². The number of sulfonamides is 1. The van der Waals surface area contributed by atoms with Crippen LogP contribution >= 0.6 is 0 Å². The zero-order valence-corrected chi connectivity index (χ0v) is 16.2. The second-order valence-electron chi connectivity index (χ2n) is 5.98. The van der Waals surface area contributed by atoms with E-state index in [1.54, 1.807) is 36.4 Å². The highest BCUT2D eigenvalue weighted by molar-refractivity contribution is 7.89. The summed E-state index contributed by atoms with van der Waals surface area (Å²) >= 11 is 0. The molecule has 28 heavy (non-hydrogen) atoms. The molecule has 0 saturated heterocycles. The SMILES string of the molecule is CC(=O)c1ccc(NC(=O)COC(=O)CNS(=O)(=O)c2ccc(C)cc2)cc1. The maximum Gasteiger partial charge on any atom is 0.321 e. The number of carbonyl (C=O) groups is 3. The molecule has 148 valence electrons. The van der Waals surface area contributed by atoms with E-state index in [1.165, 1.54) is 19.1 Å². The van der Waals surface area contributed by atoms with Crippen LogP contribution in [-0.4, -0.2) is 39.2 Å². The summed E-state index contributed by atoms with van der Waals surface area (Å²) in [4.78, 5) is 34.7. The fraction of sp³-hybridized carbons (Fsp3) is 0.211. The van der Waals surface area contributed by atoms with Crippen molar-refractivity contribution in [3.05, 3.63) is 59.7 Å². The second kappa shape index (κ2) is 9.25. The van der Waals surface area contributed by atoms with Crippen LogP contribution in [0.3, 0.4) is 0 Å². The highest BCUT2D eigenvalue weighted by atomic mass is 32.2. The van der Waals surface area contributed by atoms with Gasteiger partial charge in [-0.2, -0.15) is 4.72 Å². The summed E-state index contributed by atoms with van der Waals surface area (Å²) in [6.45, 7) is 2.08. The maximum absolute atomic E-state index is 12.1. The fourth-order valence-corrected chi connectivity index (χ4v) is 3.11. The Bertz CT molecular complexity index is 966. The van der Waals surface area contributed by atoms with E-state index in [9.17, 15) is 22.8 Å². The zero-order valence-electron chi connectivity index (χ0n) is 15.4. The van der Waals surface area contributed by atoms with Gasteiger partial charge in [0.05, 0.1) is 4.90 Å². The van der Waals surface area contributed by atoms with Gasteiger partial charge in [0.1, 0.15) is 6.54 Å². The number of aryl methyl sites for hydroxylation is 1. The van der Waals surface area contributed by atoms with E-state index in [-0.39, 0.29) is 10.7 Å². The normalized spacial score (nSPS) is 10.9. The summed E-state index contributed by atoms with van der Waals surface area (Å²) in [5.74, 6) is -1.58. The van der Waals surface area contributed by atoms with Crippen molar-refractivity contribution < 1.29 is 27.5 Å². The molecule has 2 aromatic carbocycles. The van der Waals surface area contributed by atoms with Crippen LogP contribution in [0.15, 0.2) is 53.4 Å². The number of amides is 1. The molecule has 8 nitrogen and oxygen atoms in total. The van der Waals surface area contributed by atoms with Gasteiger partial charge in [-0.25, -0.2) is 8.42 Å². The molecule has 0 spiro atoms. The van der Waals surface area contributed by atoms with Crippen molar-refractivity contribution in [1.82, 2.24) is 4.72 Å². The highest BCUT2D eigenvalue weighted by Crippen LogP contribution is 2.10. The van der Waals surface area contributed by atoms with Crippen molar-refractivity contribution in [3.8, 4) is 0 Å². The lowest BCUT2D eigenvalue weighted by molar-refractivity contribution is -0.146. The molecule has 0 aliphatic heterocycles. The number of nitrogens with one attached hydrogen (secondary N) is 2. The van der Waals surface area contributed by atoms with Gasteiger partial charge in [0.2, 0.25) is 10.0 Å². The van der Waals surface area contributed by atoms with Gasteiger partial charge in [-0.15, -0.1) is 0 Å². The molecule has 0 fully saturated rings. The molecule has 0 aliphatic carbocycles. The molecule has 0 heterocycles. The predicted octanol–water partition coefficient (Wildman–Crippen LogP) is 1.66. The van der Waals surface area contributed by atoms with Gasteiger partial charge in [0.25, 0.3) is 5.91 Å². The van der Waals surface area contributed by atoms with E-state index in [0.717, 1.165) is 5.56 Å². The summed E-state index contributed by atoms with van der Waals surface area (Å²) in [5.41, 5.74) is 1.84. The molecular formula is C19H20N2O6S. The number of benzene rings is 2. The lowest BCUT2D eigenvalue weighted by atomic mass is 10.1. The smallest absolute Gasteiger partial charge is 0.321 e. The van der Waals surface area contributed by atoms with Gasteiger partial charge in [-0.05, 0) is 50.2 Å². The first kappa shape index (κ1) is 21.3. The number of rotatable bonds is 8. The predicted molar refractivity (Wildman–Crippen MR) is 102 cm³/mol. The van der Waals surface area contributed by atoms with Crippen LogP contribution in [-0.2, 0) is 24.3 Å². The van der Waals surface area contributed by atoms with Crippen molar-refractivity contribution >= 4 is 33.4 Å². The number of anilines is 1. The Morgan fingerprint density at radius 2 is 1.57 bits per heavy atom. The van der Waals surface area contributed by atoms with Crippen LogP contribution < -0.4 is 10.0 Å². The molecule has 0 aromatic heterocycles. The summed E-state index contributed by atoms with van der Waals surface area (Å²) in [5, 5.41) is 2.50. The number of hydrogen-bond acceptors (Lipinski definition) is 6. The molecule has 0 bridgehead atoms. The van der Waals surface area contributed by atoms with Crippen LogP contribution in [0.4, 0.5) is 5.69 Å². The summed E-state index contributed by atoms with van der Waals surface area (Å²) in [6.07, 6.45) is 0. The number of hydrogen-bond donors (Lipinski definition) is 2. The molecule has 0 aliphatic rings. The molecule has 1 amide bonds. The first-order valence-corrected chi connectivity index (χ1v) is 9.78. The summed E-state index contributed by atoms with van der Waals surface area (Å²) in [7, 11) is -3.85. The lowest BCUT2D eigenvalue weighted by Gasteiger charge is -2.08. The third kappa shape index (κ3) is 6.29. The van der Waals surface area contributed by atoms with Crippen molar-refractivity contribution in [2.24, 2.45) is 0 Å². The van der Waals surface area contributed by atoms with E-state index in [4.69, 9.17) is 4.74 Å². The zero-order chi connectivity index (χ0) is 20.7. The standard InChI is InChI=1S/C19H20N2O6S/c1-13-3-9-17(10-4-13)28(25,26)20-11-19(24)27-12-18(23)21-16-7-5-15(6-8-16)14(2)22/h3-10,20H,11-12H2,1-2H3,(H,21,23). The number of Topliss-reactive ketones (excluding diaryl/α,β-unsaturated/α-hetero) is 1. The van der Waals surface area contributed by atoms with Crippen LogP contribution in [0.2, 0.25) is 0 Å². The van der Waals surface area contributed by atoms with Crippen molar-refractivity contribution in [1.29, 1.82) is 0 Å². The minimum Gasteiger partial charge on any atom is -0.455 e. The van der Waals surface area contributed by atoms with Gasteiger partial charge in [-0.3, -0.25) is 14.4 Å². The van der Waals surface area contributed by atoms with E-state index < -0.39 is 35.1 Å². The molecular weight excluding hydrogens is 384 g/mol. The van der Waals surface area contributed by atoms with Gasteiger partial charge in [-0.1, -0.05) is 17.7 Å². The average Bonchev–Trinajstić information content (AvgIpc) is 2.65. The number of ketones is 1. The van der Waals surface area contributed by atoms with Crippen LogP contribution in [0.5, 0.6) is 0 Å². The van der Waals surface area contributed by atoms with Gasteiger partial charge in [0.15, 0.2) is 12.4 Å². The first-order chi connectivity index (χ1) is 13.2. The Morgan fingerprint density at radius 1 is 0.964 bits per heavy atom. The van der Waals surface area contributed by atoms with Crippen LogP contribution in [0.25, 0.3) is 0 Å². The van der Waals surface area contributed by atoms with Gasteiger partial charge in [0, 0.05) is 11.3 Å². The maximum atomic E-state index is 12.1.